The van der Waals surface area contributed by atoms with Gasteiger partial charge in [-0.25, -0.2) is 4.79 Å². The van der Waals surface area contributed by atoms with Crippen molar-refractivity contribution in [1.29, 1.82) is 0 Å². The highest BCUT2D eigenvalue weighted by Crippen LogP contribution is 2.28. The van der Waals surface area contributed by atoms with Crippen molar-refractivity contribution >= 4 is 21.8 Å². The van der Waals surface area contributed by atoms with Gasteiger partial charge in [-0.3, -0.25) is 19.1 Å². The van der Waals surface area contributed by atoms with Gasteiger partial charge in [0.1, 0.15) is 12.3 Å². The highest BCUT2D eigenvalue weighted by molar-refractivity contribution is 9.09. The lowest BCUT2D eigenvalue weighted by molar-refractivity contribution is -0.129. The zero-order valence-electron chi connectivity index (χ0n) is 12.3. The number of aromatic nitrogens is 2. The van der Waals surface area contributed by atoms with Crippen LogP contribution >= 0.6 is 15.9 Å². The number of rotatable bonds is 4. The number of aliphatic hydroxyl groups excluding tert-OH is 1. The summed E-state index contributed by atoms with van der Waals surface area (Å²) in [6.07, 6.45) is -0.428. The molecule has 2 rings (SSSR count). The number of aromatic amines is 1. The Morgan fingerprint density at radius 3 is 2.91 bits per heavy atom. The van der Waals surface area contributed by atoms with E-state index in [0.29, 0.717) is 5.56 Å². The zero-order valence-corrected chi connectivity index (χ0v) is 13.9. The van der Waals surface area contributed by atoms with E-state index in [0.717, 1.165) is 0 Å². The lowest BCUT2D eigenvalue weighted by Gasteiger charge is -2.22. The molecule has 2 heterocycles. The lowest BCUT2D eigenvalue weighted by atomic mass is 10.1. The van der Waals surface area contributed by atoms with E-state index in [-0.39, 0.29) is 24.2 Å². The van der Waals surface area contributed by atoms with Gasteiger partial charge in [-0.15, -0.1) is 0 Å². The maximum absolute atomic E-state index is 11.8. The Morgan fingerprint density at radius 2 is 2.27 bits per heavy atom. The Hall–Kier alpha value is -1.45. The van der Waals surface area contributed by atoms with E-state index in [9.17, 15) is 19.5 Å². The monoisotopic (exact) mass is 375 g/mol. The molecule has 122 valence electrons. The molecule has 0 spiro atoms. The van der Waals surface area contributed by atoms with Crippen molar-refractivity contribution in [2.45, 2.75) is 31.8 Å². The summed E-state index contributed by atoms with van der Waals surface area (Å²) < 4.78 is 6.94. The highest BCUT2D eigenvalue weighted by atomic mass is 79.9. The maximum atomic E-state index is 11.8. The van der Waals surface area contributed by atoms with Crippen LogP contribution in [0.1, 0.15) is 18.2 Å². The molecule has 2 N–H and O–H groups in total. The Bertz CT molecular complexity index is 670. The minimum Gasteiger partial charge on any atom is -0.390 e. The first-order valence-electron chi connectivity index (χ1n) is 6.79. The van der Waals surface area contributed by atoms with Gasteiger partial charge < -0.3 is 14.7 Å². The minimum absolute atomic E-state index is 0.128. The summed E-state index contributed by atoms with van der Waals surface area (Å²) in [4.78, 5) is 38.4. The standard InChI is InChI=1S/C13H18BrN3O5/c1-7-5-17(13(21)15-12(7)20)11-3-8(18)9(22-11)6-16(2)10(19)4-14/h5,8-9,11,18H,3-4,6H2,1-2H3,(H,15,20,21). The molecule has 1 aromatic heterocycles. The summed E-state index contributed by atoms with van der Waals surface area (Å²) in [5, 5.41) is 10.3. The van der Waals surface area contributed by atoms with Gasteiger partial charge in [-0.2, -0.15) is 0 Å². The molecule has 22 heavy (non-hydrogen) atoms. The maximum Gasteiger partial charge on any atom is 0.330 e. The average molecular weight is 376 g/mol. The summed E-state index contributed by atoms with van der Waals surface area (Å²) in [6.45, 7) is 1.80. The van der Waals surface area contributed by atoms with Crippen molar-refractivity contribution in [3.05, 3.63) is 32.6 Å². The van der Waals surface area contributed by atoms with Gasteiger partial charge >= 0.3 is 5.69 Å². The summed E-state index contributed by atoms with van der Waals surface area (Å²) >= 11 is 3.08. The lowest BCUT2D eigenvalue weighted by Crippen LogP contribution is -2.39. The van der Waals surface area contributed by atoms with Crippen LogP contribution in [0.5, 0.6) is 0 Å². The summed E-state index contributed by atoms with van der Waals surface area (Å²) in [6, 6.07) is 0. The molecule has 0 bridgehead atoms. The molecule has 0 radical (unpaired) electrons. The van der Waals surface area contributed by atoms with Crippen LogP contribution < -0.4 is 11.2 Å². The zero-order chi connectivity index (χ0) is 16.4. The van der Waals surface area contributed by atoms with Crippen LogP contribution in [-0.4, -0.2) is 56.6 Å². The van der Waals surface area contributed by atoms with E-state index >= 15 is 0 Å². The van der Waals surface area contributed by atoms with Crippen molar-refractivity contribution in [2.75, 3.05) is 18.9 Å². The third-order valence-corrected chi connectivity index (χ3v) is 4.13. The molecule has 8 nitrogen and oxygen atoms in total. The number of hydrogen-bond donors (Lipinski definition) is 2. The molecule has 1 saturated heterocycles. The van der Waals surface area contributed by atoms with Crippen LogP contribution in [0.25, 0.3) is 0 Å². The van der Waals surface area contributed by atoms with Crippen molar-refractivity contribution < 1.29 is 14.6 Å². The first-order valence-corrected chi connectivity index (χ1v) is 7.91. The molecule has 0 aromatic carbocycles. The van der Waals surface area contributed by atoms with Crippen LogP contribution in [0.4, 0.5) is 0 Å². The molecule has 1 fully saturated rings. The van der Waals surface area contributed by atoms with Gasteiger partial charge in [-0.1, -0.05) is 15.9 Å². The van der Waals surface area contributed by atoms with Crippen molar-refractivity contribution in [3.8, 4) is 0 Å². The average Bonchev–Trinajstić information content (AvgIpc) is 2.82. The highest BCUT2D eigenvalue weighted by Gasteiger charge is 2.36. The molecule has 0 aliphatic carbocycles. The van der Waals surface area contributed by atoms with E-state index in [2.05, 4.69) is 20.9 Å². The van der Waals surface area contributed by atoms with Gasteiger partial charge in [0.2, 0.25) is 5.91 Å². The first kappa shape index (κ1) is 16.9. The quantitative estimate of drug-likeness (QED) is 0.680. The van der Waals surface area contributed by atoms with Crippen molar-refractivity contribution in [2.24, 2.45) is 0 Å². The Labute approximate surface area is 134 Å². The van der Waals surface area contributed by atoms with Crippen LogP contribution in [0.15, 0.2) is 15.8 Å². The third-order valence-electron chi connectivity index (χ3n) is 3.65. The number of aryl methyl sites for hydroxylation is 1. The number of likely N-dealkylation sites (N-methyl/N-ethyl adjacent to an activating group) is 1. The Balaban J connectivity index is 2.14. The molecule has 9 heteroatoms. The second-order valence-electron chi connectivity index (χ2n) is 5.32. The molecular weight excluding hydrogens is 358 g/mol. The predicted octanol–water partition coefficient (Wildman–Crippen LogP) is -0.653. The smallest absolute Gasteiger partial charge is 0.330 e. The number of alkyl halides is 1. The third kappa shape index (κ3) is 3.47. The number of carbonyl (C=O) groups is 1. The topological polar surface area (TPSA) is 105 Å². The van der Waals surface area contributed by atoms with E-state index in [4.69, 9.17) is 4.74 Å². The number of nitrogens with zero attached hydrogens (tertiary/aromatic N) is 2. The van der Waals surface area contributed by atoms with Gasteiger partial charge in [0.25, 0.3) is 5.56 Å². The molecule has 1 amide bonds. The number of H-pyrrole nitrogens is 1. The number of hydrogen-bond acceptors (Lipinski definition) is 5. The van der Waals surface area contributed by atoms with Crippen LogP contribution in [0.3, 0.4) is 0 Å². The molecule has 1 aromatic rings. The number of carbonyl (C=O) groups excluding carboxylic acids is 1. The minimum atomic E-state index is -0.797. The van der Waals surface area contributed by atoms with E-state index < -0.39 is 29.7 Å². The van der Waals surface area contributed by atoms with Gasteiger partial charge in [0.05, 0.1) is 11.4 Å². The van der Waals surface area contributed by atoms with E-state index in [1.54, 1.807) is 14.0 Å². The Kier molecular flexibility index (Phi) is 5.20. The fraction of sp³-hybridized carbons (Fsp3) is 0.615. The molecule has 1 aliphatic heterocycles. The summed E-state index contributed by atoms with van der Waals surface area (Å²) in [5.41, 5.74) is -0.648. The fourth-order valence-corrected chi connectivity index (χ4v) is 2.75. The van der Waals surface area contributed by atoms with Crippen LogP contribution in [-0.2, 0) is 9.53 Å². The SMILES string of the molecule is Cc1cn(C2CC(O)C(CN(C)C(=O)CBr)O2)c(=O)[nH]c1=O. The summed E-state index contributed by atoms with van der Waals surface area (Å²) in [5.74, 6) is -0.128. The second-order valence-corrected chi connectivity index (χ2v) is 5.88. The predicted molar refractivity (Wildman–Crippen MR) is 82.0 cm³/mol. The number of aliphatic hydroxyl groups is 1. The fourth-order valence-electron chi connectivity index (χ4n) is 2.32. The number of nitrogens with one attached hydrogen (secondary N) is 1. The normalized spacial score (nSPS) is 24.5. The van der Waals surface area contributed by atoms with Gasteiger partial charge in [-0.05, 0) is 6.92 Å². The van der Waals surface area contributed by atoms with Crippen LogP contribution in [0.2, 0.25) is 0 Å². The first-order chi connectivity index (χ1) is 10.3. The van der Waals surface area contributed by atoms with E-state index in [1.165, 1.54) is 15.7 Å². The van der Waals surface area contributed by atoms with Crippen molar-refractivity contribution in [1.82, 2.24) is 14.5 Å². The van der Waals surface area contributed by atoms with Gasteiger partial charge in [0.15, 0.2) is 0 Å². The molecular formula is C13H18BrN3O5. The number of halogens is 1. The number of amides is 1. The van der Waals surface area contributed by atoms with Crippen molar-refractivity contribution in [3.63, 3.8) is 0 Å². The largest absolute Gasteiger partial charge is 0.390 e. The molecule has 3 unspecified atom stereocenters. The number of ether oxygens (including phenoxy) is 1. The summed E-state index contributed by atoms with van der Waals surface area (Å²) in [7, 11) is 1.61. The molecule has 3 atom stereocenters. The Morgan fingerprint density at radius 1 is 1.59 bits per heavy atom. The second kappa shape index (κ2) is 6.76. The molecule has 0 saturated carbocycles. The van der Waals surface area contributed by atoms with Crippen LogP contribution in [0, 0.1) is 6.92 Å². The molecule has 1 aliphatic rings. The van der Waals surface area contributed by atoms with Gasteiger partial charge in [0, 0.05) is 31.8 Å². The van der Waals surface area contributed by atoms with E-state index in [1.807, 2.05) is 0 Å².